The predicted octanol–water partition coefficient (Wildman–Crippen LogP) is 6.10. The van der Waals surface area contributed by atoms with Crippen molar-refractivity contribution in [2.75, 3.05) is 13.2 Å². The van der Waals surface area contributed by atoms with Gasteiger partial charge in [0.25, 0.3) is 5.91 Å². The fourth-order valence-corrected chi connectivity index (χ4v) is 4.97. The van der Waals surface area contributed by atoms with E-state index in [4.69, 9.17) is 11.6 Å². The van der Waals surface area contributed by atoms with Crippen LogP contribution in [-0.2, 0) is 6.54 Å². The Morgan fingerprint density at radius 2 is 1.84 bits per heavy atom. The first-order chi connectivity index (χ1) is 18.5. The molecule has 1 amide bonds. The van der Waals surface area contributed by atoms with E-state index in [0.29, 0.717) is 30.0 Å². The number of carbonyl (C=O) groups excluding carboxylic acids is 1. The number of nitrogens with zero attached hydrogens (tertiary/aromatic N) is 4. The van der Waals surface area contributed by atoms with Crippen molar-refractivity contribution in [2.24, 2.45) is 0 Å². The van der Waals surface area contributed by atoms with Crippen molar-refractivity contribution in [3.63, 3.8) is 0 Å². The second kappa shape index (κ2) is 10.8. The van der Waals surface area contributed by atoms with Gasteiger partial charge in [0.1, 0.15) is 11.5 Å². The fraction of sp³-hybridized carbons (Fsp3) is 0.207. The number of fused-ring (bicyclic) bond motifs is 2. The Labute approximate surface area is 224 Å². The first-order valence-electron chi connectivity index (χ1n) is 12.5. The molecule has 0 fully saturated rings. The summed E-state index contributed by atoms with van der Waals surface area (Å²) >= 11 is 5.95. The summed E-state index contributed by atoms with van der Waals surface area (Å²) in [5, 5.41) is 18.3. The number of rotatable bonds is 5. The summed E-state index contributed by atoms with van der Waals surface area (Å²) in [6, 6.07) is 17.5. The molecule has 3 aromatic heterocycles. The van der Waals surface area contributed by atoms with E-state index in [-0.39, 0.29) is 17.5 Å². The fourth-order valence-electron chi connectivity index (χ4n) is 4.78. The average Bonchev–Trinajstić information content (AvgIpc) is 3.58. The molecule has 1 unspecified atom stereocenters. The van der Waals surface area contributed by atoms with E-state index in [9.17, 15) is 14.3 Å². The highest BCUT2D eigenvalue weighted by molar-refractivity contribution is 6.30. The molecule has 1 atom stereocenters. The SMILES string of the molecule is CC.O=C1c2cc(-c3[nH]nc4ncc(-c5ccccc5)cc34)cn2CCN1C(CO)c1ccc(F)c(Cl)c1. The number of amides is 1. The van der Waals surface area contributed by atoms with Crippen molar-refractivity contribution in [3.8, 4) is 22.4 Å². The minimum Gasteiger partial charge on any atom is -0.394 e. The zero-order chi connectivity index (χ0) is 26.8. The van der Waals surface area contributed by atoms with Crippen LogP contribution in [0.4, 0.5) is 4.39 Å². The number of halogens is 2. The molecule has 5 aromatic rings. The number of pyridine rings is 1. The van der Waals surface area contributed by atoms with Crippen LogP contribution in [0.15, 0.2) is 73.1 Å². The third-order valence-electron chi connectivity index (χ3n) is 6.64. The molecule has 7 nitrogen and oxygen atoms in total. The second-order valence-corrected chi connectivity index (χ2v) is 9.14. The quantitative estimate of drug-likeness (QED) is 0.287. The summed E-state index contributed by atoms with van der Waals surface area (Å²) < 4.78 is 15.6. The lowest BCUT2D eigenvalue weighted by atomic mass is 10.0. The van der Waals surface area contributed by atoms with Crippen LogP contribution in [0.1, 0.15) is 35.9 Å². The topological polar surface area (TPSA) is 87.0 Å². The molecule has 194 valence electrons. The largest absolute Gasteiger partial charge is 0.394 e. The summed E-state index contributed by atoms with van der Waals surface area (Å²) in [5.74, 6) is -0.767. The highest BCUT2D eigenvalue weighted by Crippen LogP contribution is 2.33. The Balaban J connectivity index is 0.00000144. The van der Waals surface area contributed by atoms with Gasteiger partial charge in [-0.2, -0.15) is 5.10 Å². The van der Waals surface area contributed by atoms with Crippen LogP contribution >= 0.6 is 11.6 Å². The minimum absolute atomic E-state index is 0.0457. The molecule has 0 radical (unpaired) electrons. The molecule has 1 aliphatic heterocycles. The number of H-pyrrole nitrogens is 1. The van der Waals surface area contributed by atoms with Crippen molar-refractivity contribution in [2.45, 2.75) is 26.4 Å². The lowest BCUT2D eigenvalue weighted by molar-refractivity contribution is 0.0526. The molecular formula is C29H27ClFN5O2. The predicted molar refractivity (Wildman–Crippen MR) is 146 cm³/mol. The smallest absolute Gasteiger partial charge is 0.271 e. The summed E-state index contributed by atoms with van der Waals surface area (Å²) in [7, 11) is 0. The van der Waals surface area contributed by atoms with Crippen molar-refractivity contribution >= 4 is 28.5 Å². The maximum Gasteiger partial charge on any atom is 0.271 e. The summed E-state index contributed by atoms with van der Waals surface area (Å²) in [4.78, 5) is 19.6. The molecule has 38 heavy (non-hydrogen) atoms. The molecule has 2 aromatic carbocycles. The van der Waals surface area contributed by atoms with Gasteiger partial charge >= 0.3 is 0 Å². The Hall–Kier alpha value is -4.01. The molecule has 0 aliphatic carbocycles. The molecule has 1 aliphatic rings. The molecule has 0 spiro atoms. The van der Waals surface area contributed by atoms with Crippen LogP contribution in [-0.4, -0.2) is 48.8 Å². The van der Waals surface area contributed by atoms with Crippen LogP contribution < -0.4 is 0 Å². The monoisotopic (exact) mass is 531 g/mol. The summed E-state index contributed by atoms with van der Waals surface area (Å²) in [6.07, 6.45) is 3.72. The zero-order valence-corrected chi connectivity index (χ0v) is 21.8. The summed E-state index contributed by atoms with van der Waals surface area (Å²) in [5.41, 5.74) is 5.29. The Morgan fingerprint density at radius 1 is 1.05 bits per heavy atom. The number of aromatic nitrogens is 4. The Bertz CT molecular complexity index is 1600. The van der Waals surface area contributed by atoms with Gasteiger partial charge in [-0.05, 0) is 35.4 Å². The third kappa shape index (κ3) is 4.57. The van der Waals surface area contributed by atoms with Gasteiger partial charge in [-0.15, -0.1) is 0 Å². The molecule has 0 bridgehead atoms. The Kier molecular flexibility index (Phi) is 7.26. The number of aliphatic hydroxyl groups excluding tert-OH is 1. The second-order valence-electron chi connectivity index (χ2n) is 8.74. The van der Waals surface area contributed by atoms with E-state index in [1.165, 1.54) is 12.1 Å². The molecule has 2 N–H and O–H groups in total. The first kappa shape index (κ1) is 25.6. The maximum absolute atomic E-state index is 13.7. The average molecular weight is 532 g/mol. The van der Waals surface area contributed by atoms with E-state index in [2.05, 4.69) is 15.2 Å². The van der Waals surface area contributed by atoms with Gasteiger partial charge < -0.3 is 14.6 Å². The standard InChI is InChI=1S/C27H21ClFN5O2.C2H6/c28-21-11-17(6-7-22(21)29)24(15-35)34-9-8-33-14-19(12-23(33)27(34)36)25-20-10-18(13-30-26(20)32-31-25)16-4-2-1-3-5-16;1-2/h1-7,10-14,24,35H,8-9,15H2,(H,30,31,32);1-2H3. The first-order valence-corrected chi connectivity index (χ1v) is 12.9. The molecule has 0 saturated heterocycles. The van der Waals surface area contributed by atoms with Crippen molar-refractivity contribution < 1.29 is 14.3 Å². The number of benzene rings is 2. The normalized spacial score (nSPS) is 13.7. The van der Waals surface area contributed by atoms with Crippen LogP contribution in [0.5, 0.6) is 0 Å². The number of aromatic amines is 1. The van der Waals surface area contributed by atoms with Gasteiger partial charge in [0.05, 0.1) is 23.4 Å². The lowest BCUT2D eigenvalue weighted by Gasteiger charge is -2.34. The highest BCUT2D eigenvalue weighted by Gasteiger charge is 2.32. The van der Waals surface area contributed by atoms with Crippen molar-refractivity contribution in [1.29, 1.82) is 0 Å². The van der Waals surface area contributed by atoms with E-state index in [0.717, 1.165) is 27.8 Å². The van der Waals surface area contributed by atoms with Crippen molar-refractivity contribution in [1.82, 2.24) is 24.6 Å². The number of carbonyl (C=O) groups is 1. The van der Waals surface area contributed by atoms with E-state index in [1.807, 2.05) is 67.1 Å². The van der Waals surface area contributed by atoms with Gasteiger partial charge in [-0.3, -0.25) is 9.89 Å². The van der Waals surface area contributed by atoms with Crippen LogP contribution in [0.2, 0.25) is 5.02 Å². The van der Waals surface area contributed by atoms with Gasteiger partial charge in [0, 0.05) is 42.0 Å². The molecule has 0 saturated carbocycles. The van der Waals surface area contributed by atoms with Gasteiger partial charge in [-0.1, -0.05) is 61.8 Å². The summed E-state index contributed by atoms with van der Waals surface area (Å²) in [6.45, 7) is 4.64. The molecule has 9 heteroatoms. The van der Waals surface area contributed by atoms with E-state index < -0.39 is 11.9 Å². The molecule has 4 heterocycles. The van der Waals surface area contributed by atoms with Crippen LogP contribution in [0.3, 0.4) is 0 Å². The maximum atomic E-state index is 13.7. The van der Waals surface area contributed by atoms with E-state index in [1.54, 1.807) is 17.2 Å². The number of hydrogen-bond acceptors (Lipinski definition) is 4. The zero-order valence-electron chi connectivity index (χ0n) is 21.0. The minimum atomic E-state index is -0.631. The third-order valence-corrected chi connectivity index (χ3v) is 6.93. The van der Waals surface area contributed by atoms with Crippen LogP contribution in [0.25, 0.3) is 33.4 Å². The van der Waals surface area contributed by atoms with Crippen LogP contribution in [0, 0.1) is 5.82 Å². The van der Waals surface area contributed by atoms with Gasteiger partial charge in [0.2, 0.25) is 0 Å². The molecule has 6 rings (SSSR count). The molecular weight excluding hydrogens is 505 g/mol. The number of nitrogens with one attached hydrogen (secondary N) is 1. The van der Waals surface area contributed by atoms with E-state index >= 15 is 0 Å². The van der Waals surface area contributed by atoms with Crippen molar-refractivity contribution in [3.05, 3.63) is 95.2 Å². The lowest BCUT2D eigenvalue weighted by Crippen LogP contribution is -2.43. The van der Waals surface area contributed by atoms with Gasteiger partial charge in [-0.25, -0.2) is 9.37 Å². The Morgan fingerprint density at radius 3 is 2.58 bits per heavy atom. The number of aliphatic hydroxyl groups is 1. The number of hydrogen-bond donors (Lipinski definition) is 2. The highest BCUT2D eigenvalue weighted by atomic mass is 35.5. The van der Waals surface area contributed by atoms with Gasteiger partial charge in [0.15, 0.2) is 5.65 Å².